The standard InChI is InChI=1S/C13H14Cl2N4S/c1-4-16-11-9(14)6-10(15)12(19-11)20-13-17-7(2)5-8(3)18-13/h5-6H,4H2,1-3H3,(H,16,19). The van der Waals surface area contributed by atoms with Crippen LogP contribution in [0.2, 0.25) is 10.0 Å². The second kappa shape index (κ2) is 6.61. The van der Waals surface area contributed by atoms with Gasteiger partial charge in [0.1, 0.15) is 10.8 Å². The SMILES string of the molecule is CCNc1nc(Sc2nc(C)cc(C)n2)c(Cl)cc1Cl. The smallest absolute Gasteiger partial charge is 0.194 e. The summed E-state index contributed by atoms with van der Waals surface area (Å²) in [5.74, 6) is 0.616. The summed E-state index contributed by atoms with van der Waals surface area (Å²) in [5, 5.41) is 5.35. The Hall–Kier alpha value is -1.04. The van der Waals surface area contributed by atoms with Gasteiger partial charge < -0.3 is 5.32 Å². The average Bonchev–Trinajstić information content (AvgIpc) is 2.34. The van der Waals surface area contributed by atoms with Gasteiger partial charge in [0, 0.05) is 17.9 Å². The molecule has 0 bridgehead atoms. The zero-order valence-electron chi connectivity index (χ0n) is 11.4. The number of nitrogens with one attached hydrogen (secondary N) is 1. The van der Waals surface area contributed by atoms with Gasteiger partial charge in [-0.25, -0.2) is 15.0 Å². The summed E-state index contributed by atoms with van der Waals surface area (Å²) in [7, 11) is 0. The second-order valence-corrected chi connectivity index (χ2v) is 5.94. The van der Waals surface area contributed by atoms with E-state index >= 15 is 0 Å². The molecule has 0 fully saturated rings. The quantitative estimate of drug-likeness (QED) is 0.844. The number of aromatic nitrogens is 3. The lowest BCUT2D eigenvalue weighted by molar-refractivity contribution is 0.899. The number of pyridine rings is 1. The zero-order chi connectivity index (χ0) is 14.7. The van der Waals surface area contributed by atoms with Crippen molar-refractivity contribution >= 4 is 40.8 Å². The Bertz CT molecular complexity index is 614. The number of anilines is 1. The number of hydrogen-bond donors (Lipinski definition) is 1. The molecule has 0 aliphatic rings. The number of hydrogen-bond acceptors (Lipinski definition) is 5. The molecule has 2 rings (SSSR count). The van der Waals surface area contributed by atoms with Gasteiger partial charge in [-0.2, -0.15) is 0 Å². The fourth-order valence-corrected chi connectivity index (χ4v) is 3.03. The number of halogens is 2. The van der Waals surface area contributed by atoms with Crippen molar-refractivity contribution in [1.29, 1.82) is 0 Å². The van der Waals surface area contributed by atoms with Crippen molar-refractivity contribution in [3.05, 3.63) is 33.6 Å². The summed E-state index contributed by atoms with van der Waals surface area (Å²) in [4.78, 5) is 13.2. The van der Waals surface area contributed by atoms with E-state index in [0.717, 1.165) is 17.9 Å². The highest BCUT2D eigenvalue weighted by Crippen LogP contribution is 2.34. The van der Waals surface area contributed by atoms with E-state index in [2.05, 4.69) is 20.3 Å². The Morgan fingerprint density at radius 1 is 1.05 bits per heavy atom. The predicted octanol–water partition coefficient (Wildman–Crippen LogP) is 4.38. The van der Waals surface area contributed by atoms with Crippen LogP contribution in [0.3, 0.4) is 0 Å². The first-order valence-electron chi connectivity index (χ1n) is 6.09. The number of nitrogens with zero attached hydrogens (tertiary/aromatic N) is 3. The highest BCUT2D eigenvalue weighted by molar-refractivity contribution is 7.99. The van der Waals surface area contributed by atoms with E-state index in [0.29, 0.717) is 26.0 Å². The van der Waals surface area contributed by atoms with Crippen LogP contribution < -0.4 is 5.32 Å². The van der Waals surface area contributed by atoms with Gasteiger partial charge in [-0.3, -0.25) is 0 Å². The van der Waals surface area contributed by atoms with Crippen molar-refractivity contribution in [1.82, 2.24) is 15.0 Å². The summed E-state index contributed by atoms with van der Waals surface area (Å²) in [6.45, 7) is 6.57. The maximum Gasteiger partial charge on any atom is 0.194 e. The zero-order valence-corrected chi connectivity index (χ0v) is 13.7. The molecule has 7 heteroatoms. The first-order valence-corrected chi connectivity index (χ1v) is 7.67. The van der Waals surface area contributed by atoms with Gasteiger partial charge in [-0.1, -0.05) is 23.2 Å². The van der Waals surface area contributed by atoms with Crippen molar-refractivity contribution < 1.29 is 0 Å². The molecule has 1 N–H and O–H groups in total. The normalized spacial score (nSPS) is 10.7. The summed E-state index contributed by atoms with van der Waals surface area (Å²) in [6, 6.07) is 3.60. The highest BCUT2D eigenvalue weighted by Gasteiger charge is 2.12. The molecule has 2 aromatic heterocycles. The lowest BCUT2D eigenvalue weighted by atomic mass is 10.4. The van der Waals surface area contributed by atoms with Crippen molar-refractivity contribution in [2.24, 2.45) is 0 Å². The van der Waals surface area contributed by atoms with Crippen LogP contribution in [0.4, 0.5) is 5.82 Å². The summed E-state index contributed by atoms with van der Waals surface area (Å²) < 4.78 is 0. The van der Waals surface area contributed by atoms with Crippen LogP contribution in [0, 0.1) is 13.8 Å². The van der Waals surface area contributed by atoms with Crippen molar-refractivity contribution in [3.63, 3.8) is 0 Å². The minimum atomic E-state index is 0.490. The minimum Gasteiger partial charge on any atom is -0.369 e. The van der Waals surface area contributed by atoms with Gasteiger partial charge in [-0.05, 0) is 44.7 Å². The van der Waals surface area contributed by atoms with Crippen LogP contribution in [0.15, 0.2) is 22.3 Å². The van der Waals surface area contributed by atoms with Crippen LogP contribution in [0.5, 0.6) is 0 Å². The Balaban J connectivity index is 2.34. The van der Waals surface area contributed by atoms with Crippen molar-refractivity contribution in [3.8, 4) is 0 Å². The molecule has 2 aromatic rings. The summed E-state index contributed by atoms with van der Waals surface area (Å²) >= 11 is 13.6. The molecule has 20 heavy (non-hydrogen) atoms. The molecule has 4 nitrogen and oxygen atoms in total. The first-order chi connectivity index (χ1) is 9.49. The third kappa shape index (κ3) is 3.75. The largest absolute Gasteiger partial charge is 0.369 e. The number of rotatable bonds is 4. The van der Waals surface area contributed by atoms with Gasteiger partial charge in [0.25, 0.3) is 0 Å². The van der Waals surface area contributed by atoms with Crippen molar-refractivity contribution in [2.75, 3.05) is 11.9 Å². The maximum absolute atomic E-state index is 6.18. The monoisotopic (exact) mass is 328 g/mol. The molecule has 0 saturated heterocycles. The fourth-order valence-electron chi connectivity index (χ4n) is 1.64. The predicted molar refractivity (Wildman–Crippen MR) is 84.0 cm³/mol. The van der Waals surface area contributed by atoms with Gasteiger partial charge in [-0.15, -0.1) is 0 Å². The van der Waals surface area contributed by atoms with E-state index in [9.17, 15) is 0 Å². The van der Waals surface area contributed by atoms with E-state index in [1.54, 1.807) is 6.07 Å². The molecule has 0 aliphatic heterocycles. The van der Waals surface area contributed by atoms with E-state index in [4.69, 9.17) is 23.2 Å². The second-order valence-electron chi connectivity index (χ2n) is 4.17. The summed E-state index contributed by atoms with van der Waals surface area (Å²) in [6.07, 6.45) is 0. The average molecular weight is 329 g/mol. The van der Waals surface area contributed by atoms with Gasteiger partial charge >= 0.3 is 0 Å². The maximum atomic E-state index is 6.18. The van der Waals surface area contributed by atoms with Crippen LogP contribution in [0.1, 0.15) is 18.3 Å². The Morgan fingerprint density at radius 2 is 1.70 bits per heavy atom. The molecule has 0 unspecified atom stereocenters. The Morgan fingerprint density at radius 3 is 2.30 bits per heavy atom. The van der Waals surface area contributed by atoms with E-state index in [1.165, 1.54) is 11.8 Å². The Kier molecular flexibility index (Phi) is 5.07. The third-order valence-corrected chi connectivity index (χ3v) is 3.95. The van der Waals surface area contributed by atoms with Crippen LogP contribution >= 0.6 is 35.0 Å². The Labute approximate surface area is 132 Å². The molecule has 0 saturated carbocycles. The molecule has 0 radical (unpaired) electrons. The minimum absolute atomic E-state index is 0.490. The summed E-state index contributed by atoms with van der Waals surface area (Å²) in [5.41, 5.74) is 1.83. The van der Waals surface area contributed by atoms with E-state index in [1.807, 2.05) is 26.8 Å². The molecular formula is C13H14Cl2N4S. The molecule has 0 spiro atoms. The molecule has 0 aromatic carbocycles. The third-order valence-electron chi connectivity index (χ3n) is 2.39. The highest BCUT2D eigenvalue weighted by atomic mass is 35.5. The van der Waals surface area contributed by atoms with E-state index < -0.39 is 0 Å². The topological polar surface area (TPSA) is 50.7 Å². The molecule has 0 amide bonds. The van der Waals surface area contributed by atoms with Crippen LogP contribution in [-0.2, 0) is 0 Å². The lowest BCUT2D eigenvalue weighted by Gasteiger charge is -2.09. The first kappa shape index (κ1) is 15.4. The van der Waals surface area contributed by atoms with Gasteiger partial charge in [0.15, 0.2) is 5.16 Å². The van der Waals surface area contributed by atoms with Gasteiger partial charge in [0.05, 0.1) is 10.0 Å². The van der Waals surface area contributed by atoms with Crippen molar-refractivity contribution in [2.45, 2.75) is 31.0 Å². The fraction of sp³-hybridized carbons (Fsp3) is 0.308. The van der Waals surface area contributed by atoms with Crippen LogP contribution in [0.25, 0.3) is 0 Å². The molecular weight excluding hydrogens is 315 g/mol. The molecule has 106 valence electrons. The molecule has 0 atom stereocenters. The van der Waals surface area contributed by atoms with Crippen LogP contribution in [-0.4, -0.2) is 21.5 Å². The van der Waals surface area contributed by atoms with Gasteiger partial charge in [0.2, 0.25) is 0 Å². The number of aryl methyl sites for hydroxylation is 2. The lowest BCUT2D eigenvalue weighted by Crippen LogP contribution is -2.01. The van der Waals surface area contributed by atoms with E-state index in [-0.39, 0.29) is 0 Å². The molecule has 0 aliphatic carbocycles. The molecule has 2 heterocycles.